The number of benzene rings is 2. The average molecular weight is 507 g/mol. The third-order valence-corrected chi connectivity index (χ3v) is 7.40. The Kier molecular flexibility index (Phi) is 8.15. The molecule has 0 spiro atoms. The SMILES string of the molecule is C=C(C)CNC(=S)N1CCC(c2nc(C(=O)Nc3cc(OC)ccc3-c3ccccc3)cs2)CC1. The zero-order valence-electron chi connectivity index (χ0n) is 20.0. The number of amides is 1. The first-order valence-electron chi connectivity index (χ1n) is 11.6. The van der Waals surface area contributed by atoms with Crippen LogP contribution >= 0.6 is 23.6 Å². The Morgan fingerprint density at radius 3 is 2.66 bits per heavy atom. The first-order valence-corrected chi connectivity index (χ1v) is 12.9. The molecular weight excluding hydrogens is 476 g/mol. The average Bonchev–Trinajstić information content (AvgIpc) is 3.38. The van der Waals surface area contributed by atoms with Crippen LogP contribution in [0, 0.1) is 0 Å². The number of hydrogen-bond acceptors (Lipinski definition) is 5. The van der Waals surface area contributed by atoms with Crippen LogP contribution in [-0.4, -0.2) is 47.6 Å². The van der Waals surface area contributed by atoms with Crippen molar-refractivity contribution < 1.29 is 9.53 Å². The summed E-state index contributed by atoms with van der Waals surface area (Å²) in [5, 5.41) is 9.93. The molecule has 4 rings (SSSR count). The minimum atomic E-state index is -0.222. The van der Waals surface area contributed by atoms with Crippen molar-refractivity contribution in [3.05, 3.63) is 76.8 Å². The van der Waals surface area contributed by atoms with Gasteiger partial charge in [0.05, 0.1) is 17.8 Å². The zero-order chi connectivity index (χ0) is 24.8. The largest absolute Gasteiger partial charge is 0.497 e. The van der Waals surface area contributed by atoms with E-state index in [1.54, 1.807) is 18.4 Å². The fourth-order valence-electron chi connectivity index (χ4n) is 4.06. The summed E-state index contributed by atoms with van der Waals surface area (Å²) in [6, 6.07) is 15.7. The lowest BCUT2D eigenvalue weighted by molar-refractivity contribution is 0.102. The number of carbonyl (C=O) groups is 1. The molecule has 2 aromatic carbocycles. The topological polar surface area (TPSA) is 66.5 Å². The molecule has 6 nitrogen and oxygen atoms in total. The Balaban J connectivity index is 1.42. The summed E-state index contributed by atoms with van der Waals surface area (Å²) in [6.07, 6.45) is 1.91. The minimum absolute atomic E-state index is 0.222. The first-order chi connectivity index (χ1) is 16.9. The maximum Gasteiger partial charge on any atom is 0.275 e. The van der Waals surface area contributed by atoms with Gasteiger partial charge in [-0.2, -0.15) is 0 Å². The highest BCUT2D eigenvalue weighted by Crippen LogP contribution is 2.33. The zero-order valence-corrected chi connectivity index (χ0v) is 21.7. The maximum absolute atomic E-state index is 13.1. The molecule has 0 aliphatic carbocycles. The van der Waals surface area contributed by atoms with Gasteiger partial charge >= 0.3 is 0 Å². The number of thiocarbonyl (C=S) groups is 1. The van der Waals surface area contributed by atoms with Gasteiger partial charge in [0.1, 0.15) is 11.4 Å². The first kappa shape index (κ1) is 24.9. The predicted molar refractivity (Wildman–Crippen MR) is 147 cm³/mol. The van der Waals surface area contributed by atoms with Crippen molar-refractivity contribution in [3.8, 4) is 16.9 Å². The van der Waals surface area contributed by atoms with Crippen LogP contribution in [0.3, 0.4) is 0 Å². The molecular formula is C27H30N4O2S2. The number of thiazole rings is 1. The molecule has 0 unspecified atom stereocenters. The van der Waals surface area contributed by atoms with Gasteiger partial charge in [-0.05, 0) is 49.7 Å². The molecule has 0 bridgehead atoms. The molecule has 3 aromatic rings. The monoisotopic (exact) mass is 506 g/mol. The standard InChI is InChI=1S/C27H30N4O2S2/c1-18(2)16-28-27(34)31-13-11-20(12-14-31)26-30-24(17-35-26)25(32)29-23-15-21(33-3)9-10-22(23)19-7-5-4-6-8-19/h4-10,15,17,20H,1,11-14,16H2,2-3H3,(H,28,34)(H,29,32). The molecule has 182 valence electrons. The van der Waals surface area contributed by atoms with Crippen LogP contribution < -0.4 is 15.4 Å². The van der Waals surface area contributed by atoms with E-state index in [9.17, 15) is 4.79 Å². The van der Waals surface area contributed by atoms with E-state index in [1.165, 1.54) is 0 Å². The van der Waals surface area contributed by atoms with Crippen LogP contribution in [-0.2, 0) is 0 Å². The smallest absolute Gasteiger partial charge is 0.275 e. The Morgan fingerprint density at radius 1 is 1.23 bits per heavy atom. The normalized spacial score (nSPS) is 13.8. The van der Waals surface area contributed by atoms with Crippen molar-refractivity contribution in [2.24, 2.45) is 0 Å². The lowest BCUT2D eigenvalue weighted by Gasteiger charge is -2.33. The summed E-state index contributed by atoms with van der Waals surface area (Å²) in [5.41, 5.74) is 4.14. The van der Waals surface area contributed by atoms with E-state index in [1.807, 2.05) is 60.8 Å². The number of piperidine rings is 1. The minimum Gasteiger partial charge on any atom is -0.497 e. The number of nitrogens with zero attached hydrogens (tertiary/aromatic N) is 2. The number of hydrogen-bond donors (Lipinski definition) is 2. The fourth-order valence-corrected chi connectivity index (χ4v) is 5.28. The number of methoxy groups -OCH3 is 1. The summed E-state index contributed by atoms with van der Waals surface area (Å²) < 4.78 is 5.38. The molecule has 0 atom stereocenters. The van der Waals surface area contributed by atoms with E-state index < -0.39 is 0 Å². The molecule has 1 amide bonds. The number of carbonyl (C=O) groups excluding carboxylic acids is 1. The summed E-state index contributed by atoms with van der Waals surface area (Å²) in [5.74, 6) is 0.792. The van der Waals surface area contributed by atoms with Gasteiger partial charge in [-0.3, -0.25) is 4.79 Å². The number of rotatable bonds is 7. The molecule has 0 saturated carbocycles. The molecule has 8 heteroatoms. The molecule has 0 radical (unpaired) electrons. The molecule has 1 saturated heterocycles. The lowest BCUT2D eigenvalue weighted by atomic mass is 9.98. The predicted octanol–water partition coefficient (Wildman–Crippen LogP) is 5.70. The fraction of sp³-hybridized carbons (Fsp3) is 0.296. The van der Waals surface area contributed by atoms with Crippen molar-refractivity contribution in [1.82, 2.24) is 15.2 Å². The van der Waals surface area contributed by atoms with Gasteiger partial charge < -0.3 is 20.3 Å². The second-order valence-electron chi connectivity index (χ2n) is 8.68. The summed E-state index contributed by atoms with van der Waals surface area (Å²) >= 11 is 7.06. The molecule has 2 N–H and O–H groups in total. The second kappa shape index (κ2) is 11.5. The summed E-state index contributed by atoms with van der Waals surface area (Å²) in [6.45, 7) is 8.33. The molecule has 1 aliphatic rings. The number of likely N-dealkylation sites (tertiary alicyclic amines) is 1. The van der Waals surface area contributed by atoms with Gasteiger partial charge in [0.15, 0.2) is 5.11 Å². The van der Waals surface area contributed by atoms with Gasteiger partial charge in [0, 0.05) is 42.6 Å². The van der Waals surface area contributed by atoms with Crippen LogP contribution in [0.1, 0.15) is 41.2 Å². The highest BCUT2D eigenvalue weighted by atomic mass is 32.1. The quantitative estimate of drug-likeness (QED) is 0.317. The van der Waals surface area contributed by atoms with Gasteiger partial charge in [0.2, 0.25) is 0 Å². The summed E-state index contributed by atoms with van der Waals surface area (Å²) in [4.78, 5) is 20.0. The van der Waals surface area contributed by atoms with E-state index in [2.05, 4.69) is 22.1 Å². The third-order valence-electron chi connectivity index (χ3n) is 5.99. The number of anilines is 1. The number of ether oxygens (including phenoxy) is 1. The van der Waals surface area contributed by atoms with E-state index >= 15 is 0 Å². The van der Waals surface area contributed by atoms with Crippen LogP contribution in [0.2, 0.25) is 0 Å². The van der Waals surface area contributed by atoms with E-state index in [0.717, 1.165) is 52.8 Å². The van der Waals surface area contributed by atoms with Crippen LogP contribution in [0.5, 0.6) is 5.75 Å². The number of nitrogens with one attached hydrogen (secondary N) is 2. The highest BCUT2D eigenvalue weighted by Gasteiger charge is 2.25. The number of aromatic nitrogens is 1. The Morgan fingerprint density at radius 2 is 1.97 bits per heavy atom. The van der Waals surface area contributed by atoms with Crippen molar-refractivity contribution in [2.45, 2.75) is 25.7 Å². The third kappa shape index (κ3) is 6.26. The van der Waals surface area contributed by atoms with Gasteiger partial charge in [-0.15, -0.1) is 11.3 Å². The molecule has 1 fully saturated rings. The molecule has 35 heavy (non-hydrogen) atoms. The molecule has 1 aromatic heterocycles. The molecule has 1 aliphatic heterocycles. The van der Waals surface area contributed by atoms with E-state index in [-0.39, 0.29) is 5.91 Å². The Hall–Kier alpha value is -3.23. The summed E-state index contributed by atoms with van der Waals surface area (Å²) in [7, 11) is 1.62. The van der Waals surface area contributed by atoms with Gasteiger partial charge in [-0.1, -0.05) is 42.5 Å². The van der Waals surface area contributed by atoms with Crippen molar-refractivity contribution >= 4 is 40.3 Å². The lowest BCUT2D eigenvalue weighted by Crippen LogP contribution is -2.44. The van der Waals surface area contributed by atoms with Crippen molar-refractivity contribution in [3.63, 3.8) is 0 Å². The van der Waals surface area contributed by atoms with Crippen molar-refractivity contribution in [1.29, 1.82) is 0 Å². The second-order valence-corrected chi connectivity index (χ2v) is 9.96. The van der Waals surface area contributed by atoms with E-state index in [0.29, 0.717) is 29.6 Å². The Bertz CT molecular complexity index is 1200. The van der Waals surface area contributed by atoms with Crippen molar-refractivity contribution in [2.75, 3.05) is 32.1 Å². The van der Waals surface area contributed by atoms with Crippen LogP contribution in [0.25, 0.3) is 11.1 Å². The highest BCUT2D eigenvalue weighted by molar-refractivity contribution is 7.80. The van der Waals surface area contributed by atoms with E-state index in [4.69, 9.17) is 21.9 Å². The van der Waals surface area contributed by atoms with Gasteiger partial charge in [0.25, 0.3) is 5.91 Å². The maximum atomic E-state index is 13.1. The van der Waals surface area contributed by atoms with Gasteiger partial charge in [-0.25, -0.2) is 4.98 Å². The Labute approximate surface area is 216 Å². The molecule has 2 heterocycles. The van der Waals surface area contributed by atoms with Crippen LogP contribution in [0.4, 0.5) is 5.69 Å². The van der Waals surface area contributed by atoms with Crippen LogP contribution in [0.15, 0.2) is 66.1 Å².